The molecule has 5 rings (SSSR count). The van der Waals surface area contributed by atoms with Crippen molar-refractivity contribution in [1.82, 2.24) is 9.55 Å². The van der Waals surface area contributed by atoms with Gasteiger partial charge >= 0.3 is 0 Å². The average molecular weight is 410 g/mol. The third kappa shape index (κ3) is 3.34. The van der Waals surface area contributed by atoms with Crippen LogP contribution in [0.2, 0.25) is 0 Å². The first-order valence-corrected chi connectivity index (χ1v) is 9.96. The van der Waals surface area contributed by atoms with Crippen LogP contribution < -0.4 is 10.3 Å². The van der Waals surface area contributed by atoms with Crippen LogP contribution in [0.3, 0.4) is 0 Å². The zero-order valence-corrected chi connectivity index (χ0v) is 16.9. The predicted octanol–water partition coefficient (Wildman–Crippen LogP) is 5.41. The first-order valence-electron chi connectivity index (χ1n) is 9.96. The Morgan fingerprint density at radius 1 is 0.839 bits per heavy atom. The minimum Gasteiger partial charge on any atom is -0.496 e. The molecular weight excluding hydrogens is 391 g/mol. The van der Waals surface area contributed by atoms with Crippen LogP contribution in [0.5, 0.6) is 5.75 Å². The molecule has 1 aromatic heterocycles. The van der Waals surface area contributed by atoms with Crippen molar-refractivity contribution in [3.8, 4) is 17.1 Å². The van der Waals surface area contributed by atoms with E-state index in [-0.39, 0.29) is 17.9 Å². The molecule has 152 valence electrons. The Morgan fingerprint density at radius 3 is 2.26 bits per heavy atom. The molecule has 0 saturated heterocycles. The SMILES string of the molecule is COc1ccc(-c2nc3ccccc3c(=O)n2Cc2ccc(F)cc2)c2ccccc12. The van der Waals surface area contributed by atoms with E-state index in [0.717, 1.165) is 27.6 Å². The maximum absolute atomic E-state index is 13.5. The zero-order chi connectivity index (χ0) is 21.4. The van der Waals surface area contributed by atoms with Gasteiger partial charge in [0.05, 0.1) is 24.6 Å². The van der Waals surface area contributed by atoms with Crippen LogP contribution in [0.15, 0.2) is 89.7 Å². The van der Waals surface area contributed by atoms with Crippen molar-refractivity contribution >= 4 is 21.7 Å². The number of benzene rings is 4. The quantitative estimate of drug-likeness (QED) is 0.398. The second kappa shape index (κ2) is 7.69. The van der Waals surface area contributed by atoms with E-state index in [1.54, 1.807) is 29.9 Å². The monoisotopic (exact) mass is 410 g/mol. The summed E-state index contributed by atoms with van der Waals surface area (Å²) in [4.78, 5) is 18.4. The number of nitrogens with zero attached hydrogens (tertiary/aromatic N) is 2. The molecule has 0 aliphatic rings. The highest BCUT2D eigenvalue weighted by Gasteiger charge is 2.16. The number of hydrogen-bond acceptors (Lipinski definition) is 3. The Kier molecular flexibility index (Phi) is 4.71. The van der Waals surface area contributed by atoms with Crippen molar-refractivity contribution < 1.29 is 9.13 Å². The summed E-state index contributed by atoms with van der Waals surface area (Å²) in [6.07, 6.45) is 0. The number of methoxy groups -OCH3 is 1. The highest BCUT2D eigenvalue weighted by Crippen LogP contribution is 2.34. The Balaban J connectivity index is 1.82. The molecule has 0 fully saturated rings. The standard InChI is InChI=1S/C26H19FN2O2/c1-31-24-15-14-21(19-6-2-3-7-20(19)24)25-28-23-9-5-4-8-22(23)26(30)29(25)16-17-10-12-18(27)13-11-17/h2-15H,16H2,1H3. The predicted molar refractivity (Wildman–Crippen MR) is 121 cm³/mol. The molecule has 0 N–H and O–H groups in total. The molecule has 0 atom stereocenters. The number of halogens is 1. The van der Waals surface area contributed by atoms with E-state index in [0.29, 0.717) is 16.7 Å². The van der Waals surface area contributed by atoms with Gasteiger partial charge in [-0.3, -0.25) is 9.36 Å². The molecule has 4 aromatic carbocycles. The minimum atomic E-state index is -0.311. The van der Waals surface area contributed by atoms with Gasteiger partial charge in [-0.2, -0.15) is 0 Å². The number of ether oxygens (including phenoxy) is 1. The van der Waals surface area contributed by atoms with E-state index in [1.807, 2.05) is 54.6 Å². The summed E-state index contributed by atoms with van der Waals surface area (Å²) >= 11 is 0. The lowest BCUT2D eigenvalue weighted by Crippen LogP contribution is -2.24. The molecule has 0 aliphatic carbocycles. The van der Waals surface area contributed by atoms with E-state index in [9.17, 15) is 9.18 Å². The van der Waals surface area contributed by atoms with Gasteiger partial charge in [-0.1, -0.05) is 48.5 Å². The van der Waals surface area contributed by atoms with Crippen molar-refractivity contribution in [2.24, 2.45) is 0 Å². The summed E-state index contributed by atoms with van der Waals surface area (Å²) in [7, 11) is 1.64. The number of aromatic nitrogens is 2. The molecule has 0 unspecified atom stereocenters. The third-order valence-corrected chi connectivity index (χ3v) is 5.46. The van der Waals surface area contributed by atoms with Gasteiger partial charge in [-0.15, -0.1) is 0 Å². The molecule has 0 amide bonds. The maximum atomic E-state index is 13.5. The second-order valence-electron chi connectivity index (χ2n) is 7.33. The first-order chi connectivity index (χ1) is 15.2. The van der Waals surface area contributed by atoms with Crippen molar-refractivity contribution in [1.29, 1.82) is 0 Å². The lowest BCUT2D eigenvalue weighted by atomic mass is 10.0. The van der Waals surface area contributed by atoms with Crippen LogP contribution in [-0.2, 0) is 6.54 Å². The lowest BCUT2D eigenvalue weighted by molar-refractivity contribution is 0.420. The van der Waals surface area contributed by atoms with Gasteiger partial charge in [0.15, 0.2) is 0 Å². The van der Waals surface area contributed by atoms with Crippen molar-refractivity contribution in [3.63, 3.8) is 0 Å². The zero-order valence-electron chi connectivity index (χ0n) is 16.9. The fourth-order valence-corrected chi connectivity index (χ4v) is 3.94. The van der Waals surface area contributed by atoms with Gasteiger partial charge in [0.1, 0.15) is 17.4 Å². The Hall–Kier alpha value is -3.99. The van der Waals surface area contributed by atoms with Gasteiger partial charge in [0.25, 0.3) is 5.56 Å². The van der Waals surface area contributed by atoms with Crippen molar-refractivity contribution in [2.75, 3.05) is 7.11 Å². The fraction of sp³-hybridized carbons (Fsp3) is 0.0769. The number of rotatable bonds is 4. The molecule has 1 heterocycles. The van der Waals surface area contributed by atoms with E-state index < -0.39 is 0 Å². The van der Waals surface area contributed by atoms with Gasteiger partial charge in [0.2, 0.25) is 0 Å². The van der Waals surface area contributed by atoms with Crippen molar-refractivity contribution in [2.45, 2.75) is 6.54 Å². The summed E-state index contributed by atoms with van der Waals surface area (Å²) in [5.74, 6) is 1.01. The normalized spacial score (nSPS) is 11.2. The molecule has 0 aliphatic heterocycles. The van der Waals surface area contributed by atoms with Gasteiger partial charge in [-0.05, 0) is 47.3 Å². The largest absolute Gasteiger partial charge is 0.496 e. The van der Waals surface area contributed by atoms with Crippen LogP contribution in [0.4, 0.5) is 4.39 Å². The molecule has 5 heteroatoms. The van der Waals surface area contributed by atoms with Crippen LogP contribution in [-0.4, -0.2) is 16.7 Å². The Bertz CT molecular complexity index is 1470. The molecule has 5 aromatic rings. The average Bonchev–Trinajstić information content (AvgIpc) is 2.81. The van der Waals surface area contributed by atoms with E-state index in [2.05, 4.69) is 0 Å². The van der Waals surface area contributed by atoms with Gasteiger partial charge in [0, 0.05) is 10.9 Å². The molecule has 4 nitrogen and oxygen atoms in total. The fourth-order valence-electron chi connectivity index (χ4n) is 3.94. The minimum absolute atomic E-state index is 0.134. The third-order valence-electron chi connectivity index (χ3n) is 5.46. The smallest absolute Gasteiger partial charge is 0.261 e. The number of hydrogen-bond donors (Lipinski definition) is 0. The summed E-state index contributed by atoms with van der Waals surface area (Å²) in [6, 6.07) is 25.2. The summed E-state index contributed by atoms with van der Waals surface area (Å²) in [5.41, 5.74) is 2.16. The van der Waals surface area contributed by atoms with E-state index >= 15 is 0 Å². The Labute approximate surface area is 178 Å². The molecular formula is C26H19FN2O2. The van der Waals surface area contributed by atoms with E-state index in [1.165, 1.54) is 12.1 Å². The summed E-state index contributed by atoms with van der Waals surface area (Å²) < 4.78 is 20.6. The lowest BCUT2D eigenvalue weighted by Gasteiger charge is -2.16. The molecule has 0 bridgehead atoms. The molecule has 0 saturated carbocycles. The maximum Gasteiger partial charge on any atom is 0.261 e. The molecule has 31 heavy (non-hydrogen) atoms. The van der Waals surface area contributed by atoms with Crippen LogP contribution >= 0.6 is 0 Å². The highest BCUT2D eigenvalue weighted by atomic mass is 19.1. The molecule has 0 spiro atoms. The topological polar surface area (TPSA) is 44.1 Å². The Morgan fingerprint density at radius 2 is 1.52 bits per heavy atom. The van der Waals surface area contributed by atoms with Crippen molar-refractivity contribution in [3.05, 3.63) is 107 Å². The van der Waals surface area contributed by atoms with Crippen LogP contribution in [0.25, 0.3) is 33.1 Å². The van der Waals surface area contributed by atoms with Crippen LogP contribution in [0.1, 0.15) is 5.56 Å². The first kappa shape index (κ1) is 19.0. The van der Waals surface area contributed by atoms with E-state index in [4.69, 9.17) is 9.72 Å². The van der Waals surface area contributed by atoms with Gasteiger partial charge in [-0.25, -0.2) is 9.37 Å². The van der Waals surface area contributed by atoms with Gasteiger partial charge < -0.3 is 4.74 Å². The molecule has 0 radical (unpaired) electrons. The number of para-hydroxylation sites is 1. The summed E-state index contributed by atoms with van der Waals surface area (Å²) in [5, 5.41) is 2.43. The number of fused-ring (bicyclic) bond motifs is 2. The second-order valence-corrected chi connectivity index (χ2v) is 7.33. The van der Waals surface area contributed by atoms with Crippen LogP contribution in [0, 0.1) is 5.82 Å². The highest BCUT2D eigenvalue weighted by molar-refractivity contribution is 5.99. The summed E-state index contributed by atoms with van der Waals surface area (Å²) in [6.45, 7) is 0.284.